The highest BCUT2D eigenvalue weighted by Gasteiger charge is 2.23. The summed E-state index contributed by atoms with van der Waals surface area (Å²) in [5, 5.41) is 9.72. The molecule has 0 atom stereocenters. The molecule has 24 heavy (non-hydrogen) atoms. The van der Waals surface area contributed by atoms with Gasteiger partial charge >= 0.3 is 5.69 Å². The minimum Gasteiger partial charge on any atom is -0.467 e. The first-order valence-electron chi connectivity index (χ1n) is 7.88. The lowest BCUT2D eigenvalue weighted by molar-refractivity contribution is 0.480. The van der Waals surface area contributed by atoms with Crippen LogP contribution in [-0.2, 0) is 25.9 Å². The van der Waals surface area contributed by atoms with Gasteiger partial charge in [0.25, 0.3) is 5.56 Å². The first kappa shape index (κ1) is 15.0. The molecule has 3 aromatic heterocycles. The number of aryl methyl sites for hydroxylation is 2. The monoisotopic (exact) mass is 341 g/mol. The predicted molar refractivity (Wildman–Crippen MR) is 90.4 cm³/mol. The van der Waals surface area contributed by atoms with Crippen molar-refractivity contribution in [3.8, 4) is 6.07 Å². The normalized spacial score (nSPS) is 13.8. The molecule has 0 bridgehead atoms. The Bertz CT molecular complexity index is 1060. The molecule has 7 heteroatoms. The molecular formula is C17H15N3O3S. The molecule has 0 spiro atoms. The molecule has 0 saturated carbocycles. The number of aromatic nitrogens is 2. The van der Waals surface area contributed by atoms with Crippen molar-refractivity contribution >= 4 is 21.6 Å². The van der Waals surface area contributed by atoms with Gasteiger partial charge in [-0.2, -0.15) is 5.26 Å². The third kappa shape index (κ3) is 2.22. The topological polar surface area (TPSA) is 80.9 Å². The lowest BCUT2D eigenvalue weighted by Crippen LogP contribution is -2.40. The molecule has 1 aliphatic carbocycles. The number of thiophene rings is 1. The number of nitrogens with zero attached hydrogens (tertiary/aromatic N) is 3. The fraction of sp³-hybridized carbons (Fsp3) is 0.353. The number of rotatable bonds is 3. The van der Waals surface area contributed by atoms with Crippen LogP contribution in [0.15, 0.2) is 32.4 Å². The van der Waals surface area contributed by atoms with Crippen molar-refractivity contribution in [3.63, 3.8) is 0 Å². The van der Waals surface area contributed by atoms with Crippen LogP contribution in [0.4, 0.5) is 0 Å². The average molecular weight is 341 g/mol. The number of fused-ring (bicyclic) bond motifs is 3. The van der Waals surface area contributed by atoms with Crippen molar-refractivity contribution in [2.24, 2.45) is 0 Å². The Kier molecular flexibility index (Phi) is 3.62. The number of hydrogen-bond acceptors (Lipinski definition) is 5. The van der Waals surface area contributed by atoms with E-state index in [2.05, 4.69) is 0 Å². The molecule has 0 unspecified atom stereocenters. The quantitative estimate of drug-likeness (QED) is 0.732. The van der Waals surface area contributed by atoms with Crippen LogP contribution in [0.1, 0.15) is 29.0 Å². The number of nitriles is 1. The van der Waals surface area contributed by atoms with Gasteiger partial charge in [-0.15, -0.1) is 11.3 Å². The second-order valence-electron chi connectivity index (χ2n) is 5.89. The molecule has 3 aromatic rings. The van der Waals surface area contributed by atoms with Crippen LogP contribution in [-0.4, -0.2) is 9.13 Å². The molecule has 0 N–H and O–H groups in total. The van der Waals surface area contributed by atoms with Gasteiger partial charge in [0.15, 0.2) is 0 Å². The first-order chi connectivity index (χ1) is 11.7. The number of furan rings is 1. The fourth-order valence-corrected chi connectivity index (χ4v) is 4.70. The van der Waals surface area contributed by atoms with Crippen LogP contribution in [0, 0.1) is 11.3 Å². The molecule has 0 saturated heterocycles. The zero-order chi connectivity index (χ0) is 16.7. The van der Waals surface area contributed by atoms with Crippen LogP contribution >= 0.6 is 11.3 Å². The van der Waals surface area contributed by atoms with Crippen LogP contribution in [0.2, 0.25) is 0 Å². The van der Waals surface area contributed by atoms with Gasteiger partial charge in [-0.05, 0) is 43.4 Å². The van der Waals surface area contributed by atoms with E-state index >= 15 is 0 Å². The molecule has 0 aliphatic heterocycles. The summed E-state index contributed by atoms with van der Waals surface area (Å²) < 4.78 is 7.88. The molecule has 0 radical (unpaired) electrons. The van der Waals surface area contributed by atoms with Gasteiger partial charge in [-0.3, -0.25) is 13.9 Å². The SMILES string of the molecule is N#CCn1c(=O)n(Cc2ccco2)c(=O)c2c3c(sc21)CCCC3. The molecule has 0 aromatic carbocycles. The molecule has 0 fully saturated rings. The Morgan fingerprint density at radius 3 is 2.83 bits per heavy atom. The Morgan fingerprint density at radius 2 is 2.08 bits per heavy atom. The van der Waals surface area contributed by atoms with Crippen LogP contribution < -0.4 is 11.2 Å². The van der Waals surface area contributed by atoms with E-state index in [-0.39, 0.29) is 18.6 Å². The highest BCUT2D eigenvalue weighted by Crippen LogP contribution is 2.34. The van der Waals surface area contributed by atoms with Crippen LogP contribution in [0.5, 0.6) is 0 Å². The maximum absolute atomic E-state index is 13.0. The highest BCUT2D eigenvalue weighted by molar-refractivity contribution is 7.18. The number of hydrogen-bond donors (Lipinski definition) is 0. The van der Waals surface area contributed by atoms with Crippen molar-refractivity contribution in [3.05, 3.63) is 55.4 Å². The molecular weight excluding hydrogens is 326 g/mol. The summed E-state index contributed by atoms with van der Waals surface area (Å²) in [6.45, 7) is 0.0177. The zero-order valence-electron chi connectivity index (χ0n) is 12.9. The standard InChI is InChI=1S/C17H15N3O3S/c18-7-8-19-16-14(12-5-1-2-6-13(12)24-16)15(21)20(17(19)22)10-11-4-3-9-23-11/h3-4,9H,1-2,5-6,8,10H2. The van der Waals surface area contributed by atoms with Crippen molar-refractivity contribution in [1.82, 2.24) is 9.13 Å². The maximum Gasteiger partial charge on any atom is 0.333 e. The molecule has 4 rings (SSSR count). The molecule has 122 valence electrons. The van der Waals surface area contributed by atoms with Gasteiger partial charge in [0.1, 0.15) is 17.1 Å². The van der Waals surface area contributed by atoms with E-state index in [1.165, 1.54) is 31.6 Å². The molecule has 0 amide bonds. The summed E-state index contributed by atoms with van der Waals surface area (Å²) in [7, 11) is 0. The van der Waals surface area contributed by atoms with Crippen molar-refractivity contribution in [2.75, 3.05) is 0 Å². The minimum absolute atomic E-state index is 0.0623. The van der Waals surface area contributed by atoms with Gasteiger partial charge in [-0.1, -0.05) is 0 Å². The summed E-state index contributed by atoms with van der Waals surface area (Å²) in [5.74, 6) is 0.543. The lowest BCUT2D eigenvalue weighted by Gasteiger charge is -2.11. The van der Waals surface area contributed by atoms with E-state index in [1.54, 1.807) is 12.1 Å². The highest BCUT2D eigenvalue weighted by atomic mass is 32.1. The van der Waals surface area contributed by atoms with Gasteiger partial charge in [0, 0.05) is 4.88 Å². The third-order valence-electron chi connectivity index (χ3n) is 4.44. The Balaban J connectivity index is 2.04. The van der Waals surface area contributed by atoms with E-state index in [0.717, 1.165) is 31.2 Å². The maximum atomic E-state index is 13.0. The average Bonchev–Trinajstić information content (AvgIpc) is 3.22. The van der Waals surface area contributed by atoms with E-state index < -0.39 is 5.69 Å². The van der Waals surface area contributed by atoms with E-state index in [0.29, 0.717) is 16.0 Å². The van der Waals surface area contributed by atoms with Crippen LogP contribution in [0.25, 0.3) is 10.2 Å². The molecule has 6 nitrogen and oxygen atoms in total. The zero-order valence-corrected chi connectivity index (χ0v) is 13.8. The van der Waals surface area contributed by atoms with E-state index in [1.807, 2.05) is 6.07 Å². The predicted octanol–water partition coefficient (Wildman–Crippen LogP) is 2.27. The lowest BCUT2D eigenvalue weighted by atomic mass is 9.97. The van der Waals surface area contributed by atoms with Crippen molar-refractivity contribution in [2.45, 2.75) is 38.8 Å². The third-order valence-corrected chi connectivity index (χ3v) is 5.76. The Hall–Kier alpha value is -2.59. The summed E-state index contributed by atoms with van der Waals surface area (Å²) in [6.07, 6.45) is 5.46. The smallest absolute Gasteiger partial charge is 0.333 e. The van der Waals surface area contributed by atoms with Gasteiger partial charge in [0.2, 0.25) is 0 Å². The summed E-state index contributed by atoms with van der Waals surface area (Å²) in [4.78, 5) is 27.6. The van der Waals surface area contributed by atoms with Crippen LogP contribution in [0.3, 0.4) is 0 Å². The molecule has 1 aliphatic rings. The second-order valence-corrected chi connectivity index (χ2v) is 6.97. The summed E-state index contributed by atoms with van der Waals surface area (Å²) in [6, 6.07) is 5.49. The van der Waals surface area contributed by atoms with Gasteiger partial charge < -0.3 is 4.42 Å². The fourth-order valence-electron chi connectivity index (χ4n) is 3.32. The van der Waals surface area contributed by atoms with Gasteiger partial charge in [0.05, 0.1) is 24.3 Å². The summed E-state index contributed by atoms with van der Waals surface area (Å²) >= 11 is 1.49. The van der Waals surface area contributed by atoms with Gasteiger partial charge in [-0.25, -0.2) is 4.79 Å². The van der Waals surface area contributed by atoms with Crippen molar-refractivity contribution < 1.29 is 4.42 Å². The second kappa shape index (κ2) is 5.80. The van der Waals surface area contributed by atoms with E-state index in [9.17, 15) is 9.59 Å². The summed E-state index contributed by atoms with van der Waals surface area (Å²) in [5.41, 5.74) is 0.329. The Morgan fingerprint density at radius 1 is 1.25 bits per heavy atom. The van der Waals surface area contributed by atoms with Crippen molar-refractivity contribution in [1.29, 1.82) is 5.26 Å². The first-order valence-corrected chi connectivity index (χ1v) is 8.69. The largest absolute Gasteiger partial charge is 0.467 e. The van der Waals surface area contributed by atoms with E-state index in [4.69, 9.17) is 9.68 Å². The Labute approximate surface area is 141 Å². The minimum atomic E-state index is -0.455. The molecule has 3 heterocycles.